The average molecular weight is 203 g/mol. The van der Waals surface area contributed by atoms with Crippen LogP contribution in [-0.4, -0.2) is 10.8 Å². The van der Waals surface area contributed by atoms with Gasteiger partial charge in [0.1, 0.15) is 0 Å². The van der Waals surface area contributed by atoms with Crippen molar-refractivity contribution in [1.82, 2.24) is 0 Å². The molecular formula is C9H5N3O3. The van der Waals surface area contributed by atoms with Crippen LogP contribution in [0.1, 0.15) is 5.56 Å². The van der Waals surface area contributed by atoms with Crippen LogP contribution in [0.3, 0.4) is 0 Å². The molecule has 0 saturated carbocycles. The molecule has 1 aliphatic rings. The van der Waals surface area contributed by atoms with Gasteiger partial charge in [0, 0.05) is 12.1 Å². The predicted molar refractivity (Wildman–Crippen MR) is 50.9 cm³/mol. The maximum Gasteiger partial charge on any atom is 0.297 e. The van der Waals surface area contributed by atoms with Crippen LogP contribution in [0.5, 0.6) is 0 Å². The topological polar surface area (TPSA) is 84.9 Å². The quantitative estimate of drug-likeness (QED) is 0.543. The summed E-state index contributed by atoms with van der Waals surface area (Å²) in [6.07, 6.45) is 1.34. The Morgan fingerprint density at radius 3 is 2.33 bits per heavy atom. The van der Waals surface area contributed by atoms with E-state index in [2.05, 4.69) is 10.2 Å². The van der Waals surface area contributed by atoms with Crippen molar-refractivity contribution in [1.29, 1.82) is 0 Å². The van der Waals surface area contributed by atoms with Crippen LogP contribution < -0.4 is 0 Å². The van der Waals surface area contributed by atoms with E-state index in [1.165, 1.54) is 30.5 Å². The summed E-state index contributed by atoms with van der Waals surface area (Å²) in [5.41, 5.74) is 0.916. The van der Waals surface area contributed by atoms with E-state index in [1.54, 1.807) is 0 Å². The first kappa shape index (κ1) is 9.20. The lowest BCUT2D eigenvalue weighted by Gasteiger charge is -1.97. The molecule has 0 spiro atoms. The summed E-state index contributed by atoms with van der Waals surface area (Å²) < 4.78 is 0. The van der Waals surface area contributed by atoms with Crippen LogP contribution >= 0.6 is 0 Å². The first-order valence-electron chi connectivity index (χ1n) is 4.08. The lowest BCUT2D eigenvalue weighted by molar-refractivity contribution is -0.384. The minimum Gasteiger partial charge on any atom is -0.265 e. The molecule has 6 heteroatoms. The molecule has 0 bridgehead atoms. The number of amides is 1. The first-order valence-corrected chi connectivity index (χ1v) is 4.08. The highest BCUT2D eigenvalue weighted by Crippen LogP contribution is 2.22. The minimum atomic E-state index is -0.497. The van der Waals surface area contributed by atoms with E-state index in [0.29, 0.717) is 11.1 Å². The summed E-state index contributed by atoms with van der Waals surface area (Å²) in [5, 5.41) is 17.2. The molecule has 0 unspecified atom stereocenters. The van der Waals surface area contributed by atoms with Crippen molar-refractivity contribution in [2.24, 2.45) is 10.2 Å². The number of nitro groups is 1. The standard InChI is InChI=1S/C9H5N3O3/c13-9-8(5-10-11-9)6-1-3-7(4-2-6)12(14)15/h1-5H. The van der Waals surface area contributed by atoms with Crippen LogP contribution in [-0.2, 0) is 4.79 Å². The smallest absolute Gasteiger partial charge is 0.265 e. The van der Waals surface area contributed by atoms with Crippen LogP contribution in [0.4, 0.5) is 5.69 Å². The van der Waals surface area contributed by atoms with E-state index in [9.17, 15) is 14.9 Å². The first-order chi connectivity index (χ1) is 7.18. The minimum absolute atomic E-state index is 0.0151. The molecule has 0 fully saturated rings. The van der Waals surface area contributed by atoms with Crippen molar-refractivity contribution in [3.8, 4) is 0 Å². The number of azo groups is 1. The van der Waals surface area contributed by atoms with E-state index in [-0.39, 0.29) is 5.69 Å². The number of nitrogens with zero attached hydrogens (tertiary/aromatic N) is 3. The summed E-state index contributed by atoms with van der Waals surface area (Å²) in [7, 11) is 0. The number of non-ortho nitro benzene ring substituents is 1. The predicted octanol–water partition coefficient (Wildman–Crippen LogP) is 1.93. The molecule has 0 N–H and O–H groups in total. The van der Waals surface area contributed by atoms with E-state index in [1.807, 2.05) is 0 Å². The molecule has 2 rings (SSSR count). The lowest BCUT2D eigenvalue weighted by Crippen LogP contribution is -1.94. The Hall–Kier alpha value is -2.37. The van der Waals surface area contributed by atoms with Crippen LogP contribution in [0.2, 0.25) is 0 Å². The highest BCUT2D eigenvalue weighted by atomic mass is 16.6. The molecule has 0 radical (unpaired) electrons. The normalized spacial score (nSPS) is 14.1. The Morgan fingerprint density at radius 1 is 1.20 bits per heavy atom. The molecule has 74 valence electrons. The second-order valence-corrected chi connectivity index (χ2v) is 2.87. The number of rotatable bonds is 2. The fourth-order valence-electron chi connectivity index (χ4n) is 1.21. The van der Waals surface area contributed by atoms with Crippen molar-refractivity contribution in [3.05, 3.63) is 46.1 Å². The number of hydrogen-bond donors (Lipinski definition) is 0. The second kappa shape index (κ2) is 3.41. The van der Waals surface area contributed by atoms with Gasteiger partial charge in [-0.2, -0.15) is 5.11 Å². The molecule has 15 heavy (non-hydrogen) atoms. The van der Waals surface area contributed by atoms with Crippen molar-refractivity contribution >= 4 is 17.2 Å². The van der Waals surface area contributed by atoms with E-state index in [0.717, 1.165) is 0 Å². The van der Waals surface area contributed by atoms with Gasteiger partial charge in [-0.1, -0.05) is 0 Å². The summed E-state index contributed by atoms with van der Waals surface area (Å²) in [4.78, 5) is 21.0. The lowest BCUT2D eigenvalue weighted by atomic mass is 10.1. The number of benzene rings is 1. The summed E-state index contributed by atoms with van der Waals surface area (Å²) in [6, 6.07) is 5.67. The van der Waals surface area contributed by atoms with E-state index in [4.69, 9.17) is 0 Å². The van der Waals surface area contributed by atoms with Gasteiger partial charge in [0.05, 0.1) is 16.7 Å². The monoisotopic (exact) mass is 203 g/mol. The van der Waals surface area contributed by atoms with Crippen molar-refractivity contribution < 1.29 is 9.72 Å². The third-order valence-electron chi connectivity index (χ3n) is 1.95. The Morgan fingerprint density at radius 2 is 1.87 bits per heavy atom. The number of nitro benzene ring substituents is 1. The fourth-order valence-corrected chi connectivity index (χ4v) is 1.21. The zero-order chi connectivity index (χ0) is 10.8. The average Bonchev–Trinajstić information content (AvgIpc) is 2.65. The Labute approximate surface area is 84.1 Å². The van der Waals surface area contributed by atoms with Crippen molar-refractivity contribution in [2.75, 3.05) is 0 Å². The summed E-state index contributed by atoms with van der Waals surface area (Å²) in [5.74, 6) is -0.427. The molecule has 1 aromatic rings. The van der Waals surface area contributed by atoms with E-state index >= 15 is 0 Å². The maximum absolute atomic E-state index is 11.1. The van der Waals surface area contributed by atoms with Gasteiger partial charge in [0.15, 0.2) is 0 Å². The number of carbonyl (C=O) groups excluding carboxylic acids is 1. The third kappa shape index (κ3) is 1.64. The second-order valence-electron chi connectivity index (χ2n) is 2.87. The molecule has 1 aromatic carbocycles. The molecule has 0 aromatic heterocycles. The molecule has 0 aliphatic carbocycles. The molecule has 1 amide bonds. The number of hydrogen-bond acceptors (Lipinski definition) is 4. The highest BCUT2D eigenvalue weighted by Gasteiger charge is 2.16. The zero-order valence-electron chi connectivity index (χ0n) is 7.45. The van der Waals surface area contributed by atoms with Crippen LogP contribution in [0.25, 0.3) is 5.57 Å². The summed E-state index contributed by atoms with van der Waals surface area (Å²) >= 11 is 0. The van der Waals surface area contributed by atoms with Crippen LogP contribution in [0.15, 0.2) is 40.7 Å². The Kier molecular flexibility index (Phi) is 2.09. The van der Waals surface area contributed by atoms with Gasteiger partial charge in [0.25, 0.3) is 11.6 Å². The Bertz CT molecular complexity index is 488. The van der Waals surface area contributed by atoms with E-state index < -0.39 is 10.8 Å². The molecule has 0 saturated heterocycles. The van der Waals surface area contributed by atoms with Crippen molar-refractivity contribution in [2.45, 2.75) is 0 Å². The fraction of sp³-hybridized carbons (Fsp3) is 0. The van der Waals surface area contributed by atoms with Gasteiger partial charge in [-0.05, 0) is 17.7 Å². The molecule has 1 aliphatic heterocycles. The maximum atomic E-state index is 11.1. The van der Waals surface area contributed by atoms with Gasteiger partial charge in [-0.3, -0.25) is 14.9 Å². The summed E-state index contributed by atoms with van der Waals surface area (Å²) in [6.45, 7) is 0. The van der Waals surface area contributed by atoms with Gasteiger partial charge in [-0.25, -0.2) is 0 Å². The van der Waals surface area contributed by atoms with Gasteiger partial charge < -0.3 is 0 Å². The van der Waals surface area contributed by atoms with Crippen LogP contribution in [0, 0.1) is 10.1 Å². The van der Waals surface area contributed by atoms with Crippen molar-refractivity contribution in [3.63, 3.8) is 0 Å². The molecule has 0 atom stereocenters. The van der Waals surface area contributed by atoms with Gasteiger partial charge in [0.2, 0.25) is 0 Å². The SMILES string of the molecule is O=C1N=NC=C1c1ccc([N+](=O)[O-])cc1. The Balaban J connectivity index is 2.32. The van der Waals surface area contributed by atoms with Gasteiger partial charge >= 0.3 is 0 Å². The largest absolute Gasteiger partial charge is 0.297 e. The molecular weight excluding hydrogens is 198 g/mol. The highest BCUT2D eigenvalue weighted by molar-refractivity contribution is 6.20. The third-order valence-corrected chi connectivity index (χ3v) is 1.95. The number of carbonyl (C=O) groups is 1. The van der Waals surface area contributed by atoms with Gasteiger partial charge in [-0.15, -0.1) is 5.11 Å². The zero-order valence-corrected chi connectivity index (χ0v) is 7.45. The molecule has 6 nitrogen and oxygen atoms in total. The molecule has 1 heterocycles.